The molecule has 6 heteroatoms. The van der Waals surface area contributed by atoms with Crippen molar-refractivity contribution in [3.05, 3.63) is 24.3 Å². The molecule has 6 nitrogen and oxygen atoms in total. The molecule has 0 spiro atoms. The van der Waals surface area contributed by atoms with E-state index in [4.69, 9.17) is 9.47 Å². The van der Waals surface area contributed by atoms with Crippen LogP contribution < -0.4 is 25.6 Å². The second-order valence-corrected chi connectivity index (χ2v) is 6.22. The molecule has 4 unspecified atom stereocenters. The molecule has 0 aromatic heterocycles. The lowest BCUT2D eigenvalue weighted by atomic mass is 9.82. The van der Waals surface area contributed by atoms with Gasteiger partial charge in [0.15, 0.2) is 11.5 Å². The van der Waals surface area contributed by atoms with E-state index in [0.29, 0.717) is 23.5 Å². The van der Waals surface area contributed by atoms with E-state index >= 15 is 0 Å². The van der Waals surface area contributed by atoms with Crippen LogP contribution in [0, 0.1) is 5.92 Å². The molecular weight excluding hydrogens is 282 g/mol. The molecule has 2 aliphatic heterocycles. The summed E-state index contributed by atoms with van der Waals surface area (Å²) in [6.45, 7) is 1.24. The van der Waals surface area contributed by atoms with E-state index in [9.17, 15) is 4.79 Å². The number of rotatable bonds is 2. The van der Waals surface area contributed by atoms with Gasteiger partial charge in [0.1, 0.15) is 6.61 Å². The fraction of sp³-hybridized carbons (Fsp3) is 0.562. The number of para-hydroxylation sites is 2. The van der Waals surface area contributed by atoms with Crippen molar-refractivity contribution in [3.8, 4) is 11.5 Å². The van der Waals surface area contributed by atoms with Crippen molar-refractivity contribution in [2.75, 3.05) is 13.2 Å². The SMILES string of the molecule is O=C(NC1CCCC2CNNC21)C1COc2ccccc2O1. The van der Waals surface area contributed by atoms with E-state index in [1.54, 1.807) is 0 Å². The molecule has 1 saturated heterocycles. The molecule has 3 N–H and O–H groups in total. The molecule has 4 atom stereocenters. The lowest BCUT2D eigenvalue weighted by Gasteiger charge is -2.34. The Morgan fingerprint density at radius 3 is 3.00 bits per heavy atom. The third-order valence-corrected chi connectivity index (χ3v) is 4.79. The first-order chi connectivity index (χ1) is 10.8. The summed E-state index contributed by atoms with van der Waals surface area (Å²) in [5.74, 6) is 1.85. The Bertz CT molecular complexity index is 565. The van der Waals surface area contributed by atoms with Gasteiger partial charge in [-0.1, -0.05) is 18.6 Å². The smallest absolute Gasteiger partial charge is 0.264 e. The summed E-state index contributed by atoms with van der Waals surface area (Å²) in [5.41, 5.74) is 6.50. The minimum Gasteiger partial charge on any atom is -0.485 e. The van der Waals surface area contributed by atoms with Crippen molar-refractivity contribution in [1.82, 2.24) is 16.2 Å². The number of carbonyl (C=O) groups excluding carboxylic acids is 1. The number of hydrazine groups is 1. The third-order valence-electron chi connectivity index (χ3n) is 4.79. The van der Waals surface area contributed by atoms with E-state index in [1.165, 1.54) is 6.42 Å². The number of nitrogens with one attached hydrogen (secondary N) is 3. The van der Waals surface area contributed by atoms with Gasteiger partial charge in [0, 0.05) is 18.6 Å². The van der Waals surface area contributed by atoms with Gasteiger partial charge in [-0.05, 0) is 30.9 Å². The van der Waals surface area contributed by atoms with Crippen molar-refractivity contribution < 1.29 is 14.3 Å². The van der Waals surface area contributed by atoms with Crippen LogP contribution in [0.2, 0.25) is 0 Å². The number of hydrogen-bond donors (Lipinski definition) is 3. The zero-order valence-electron chi connectivity index (χ0n) is 12.4. The normalized spacial score (nSPS) is 33.1. The molecule has 1 saturated carbocycles. The monoisotopic (exact) mass is 303 g/mol. The fourth-order valence-electron chi connectivity index (χ4n) is 3.63. The highest BCUT2D eigenvalue weighted by Gasteiger charge is 2.38. The average molecular weight is 303 g/mol. The molecule has 1 aromatic carbocycles. The highest BCUT2D eigenvalue weighted by Crippen LogP contribution is 2.31. The first kappa shape index (κ1) is 13.8. The highest BCUT2D eigenvalue weighted by atomic mass is 16.6. The van der Waals surface area contributed by atoms with Gasteiger partial charge in [0.05, 0.1) is 0 Å². The molecule has 1 amide bonds. The zero-order valence-corrected chi connectivity index (χ0v) is 12.4. The maximum absolute atomic E-state index is 12.5. The van der Waals surface area contributed by atoms with Crippen LogP contribution in [0.5, 0.6) is 11.5 Å². The molecule has 2 fully saturated rings. The number of benzene rings is 1. The largest absolute Gasteiger partial charge is 0.485 e. The third kappa shape index (κ3) is 2.53. The average Bonchev–Trinajstić information content (AvgIpc) is 3.04. The molecule has 118 valence electrons. The Kier molecular flexibility index (Phi) is 3.63. The van der Waals surface area contributed by atoms with Gasteiger partial charge < -0.3 is 14.8 Å². The summed E-state index contributed by atoms with van der Waals surface area (Å²) in [5, 5.41) is 3.14. The summed E-state index contributed by atoms with van der Waals surface area (Å²) in [6, 6.07) is 7.92. The van der Waals surface area contributed by atoms with Gasteiger partial charge in [-0.2, -0.15) is 0 Å². The standard InChI is InChI=1S/C16H21N3O3/c20-16(14-9-21-12-6-1-2-7-13(12)22-14)18-11-5-3-4-10-8-17-19-15(10)11/h1-2,6-7,10-11,14-15,17,19H,3-5,8-9H2,(H,18,20). The summed E-state index contributed by atoms with van der Waals surface area (Å²) in [7, 11) is 0. The maximum Gasteiger partial charge on any atom is 0.264 e. The maximum atomic E-state index is 12.5. The lowest BCUT2D eigenvalue weighted by molar-refractivity contribution is -0.131. The highest BCUT2D eigenvalue weighted by molar-refractivity contribution is 5.82. The van der Waals surface area contributed by atoms with Gasteiger partial charge in [-0.3, -0.25) is 15.6 Å². The van der Waals surface area contributed by atoms with E-state index in [-0.39, 0.29) is 18.6 Å². The Morgan fingerprint density at radius 2 is 2.09 bits per heavy atom. The van der Waals surface area contributed by atoms with E-state index < -0.39 is 6.10 Å². The van der Waals surface area contributed by atoms with Crippen LogP contribution >= 0.6 is 0 Å². The number of hydrogen-bond acceptors (Lipinski definition) is 5. The first-order valence-corrected chi connectivity index (χ1v) is 7.98. The molecule has 0 bridgehead atoms. The molecule has 1 aromatic rings. The minimum absolute atomic E-state index is 0.0890. The van der Waals surface area contributed by atoms with Crippen LogP contribution in [0.1, 0.15) is 19.3 Å². The van der Waals surface area contributed by atoms with Crippen LogP contribution in [0.25, 0.3) is 0 Å². The topological polar surface area (TPSA) is 71.6 Å². The zero-order chi connectivity index (χ0) is 14.9. The Morgan fingerprint density at radius 1 is 1.23 bits per heavy atom. The van der Waals surface area contributed by atoms with Gasteiger partial charge >= 0.3 is 0 Å². The quantitative estimate of drug-likeness (QED) is 0.746. The first-order valence-electron chi connectivity index (χ1n) is 7.98. The second-order valence-electron chi connectivity index (χ2n) is 6.22. The molecule has 1 aliphatic carbocycles. The Hall–Kier alpha value is -1.79. The summed E-state index contributed by atoms with van der Waals surface area (Å²) in [4.78, 5) is 12.5. The minimum atomic E-state index is -0.579. The Balaban J connectivity index is 1.40. The molecule has 4 rings (SSSR count). The van der Waals surface area contributed by atoms with Crippen molar-refractivity contribution in [2.45, 2.75) is 37.5 Å². The fourth-order valence-corrected chi connectivity index (χ4v) is 3.63. The molecule has 22 heavy (non-hydrogen) atoms. The van der Waals surface area contributed by atoms with Crippen LogP contribution in [-0.4, -0.2) is 37.2 Å². The molecule has 2 heterocycles. The van der Waals surface area contributed by atoms with Gasteiger partial charge in [0.25, 0.3) is 5.91 Å². The molecule has 0 radical (unpaired) electrons. The predicted molar refractivity (Wildman–Crippen MR) is 80.6 cm³/mol. The number of fused-ring (bicyclic) bond motifs is 2. The molecular formula is C16H21N3O3. The summed E-state index contributed by atoms with van der Waals surface area (Å²) < 4.78 is 11.4. The van der Waals surface area contributed by atoms with Crippen LogP contribution in [-0.2, 0) is 4.79 Å². The van der Waals surface area contributed by atoms with E-state index in [1.807, 2.05) is 24.3 Å². The Labute approximate surface area is 129 Å². The number of ether oxygens (including phenoxy) is 2. The van der Waals surface area contributed by atoms with Crippen molar-refractivity contribution in [3.63, 3.8) is 0 Å². The van der Waals surface area contributed by atoms with Crippen molar-refractivity contribution in [2.24, 2.45) is 5.92 Å². The van der Waals surface area contributed by atoms with Gasteiger partial charge in [-0.25, -0.2) is 0 Å². The van der Waals surface area contributed by atoms with E-state index in [2.05, 4.69) is 16.2 Å². The van der Waals surface area contributed by atoms with Crippen LogP contribution in [0.15, 0.2) is 24.3 Å². The lowest BCUT2D eigenvalue weighted by Crippen LogP contribution is -2.56. The van der Waals surface area contributed by atoms with Gasteiger partial charge in [-0.15, -0.1) is 0 Å². The summed E-state index contributed by atoms with van der Waals surface area (Å²) in [6.07, 6.45) is 2.80. The summed E-state index contributed by atoms with van der Waals surface area (Å²) >= 11 is 0. The van der Waals surface area contributed by atoms with Crippen LogP contribution in [0.4, 0.5) is 0 Å². The van der Waals surface area contributed by atoms with Crippen LogP contribution in [0.3, 0.4) is 0 Å². The predicted octanol–water partition coefficient (Wildman–Crippen LogP) is 0.588. The van der Waals surface area contributed by atoms with Crippen molar-refractivity contribution >= 4 is 5.91 Å². The van der Waals surface area contributed by atoms with Gasteiger partial charge in [0.2, 0.25) is 6.10 Å². The van der Waals surface area contributed by atoms with E-state index in [0.717, 1.165) is 19.4 Å². The number of amides is 1. The van der Waals surface area contributed by atoms with Crippen molar-refractivity contribution in [1.29, 1.82) is 0 Å². The number of carbonyl (C=O) groups is 1. The second kappa shape index (κ2) is 5.78. The molecule has 3 aliphatic rings.